The first-order chi connectivity index (χ1) is 18.9. The van der Waals surface area contributed by atoms with Gasteiger partial charge in [-0.05, 0) is 35.4 Å². The van der Waals surface area contributed by atoms with Crippen LogP contribution < -0.4 is 10.6 Å². The third-order valence-electron chi connectivity index (χ3n) is 7.17. The molecule has 2 N–H and O–H groups in total. The summed E-state index contributed by atoms with van der Waals surface area (Å²) in [5.41, 5.74) is 2.91. The summed E-state index contributed by atoms with van der Waals surface area (Å²) in [5.74, 6) is -1.09. The lowest BCUT2D eigenvalue weighted by Gasteiger charge is -2.36. The SMILES string of the molecule is O=C1NCCN(C(=O)Nc2cc(Br)ccc2CN2CCN(Cc3ccccc3)CC2)C1c1c(F)cccc1Cl. The van der Waals surface area contributed by atoms with E-state index in [1.807, 2.05) is 24.3 Å². The van der Waals surface area contributed by atoms with Crippen molar-refractivity contribution in [3.05, 3.63) is 98.7 Å². The van der Waals surface area contributed by atoms with Gasteiger partial charge < -0.3 is 15.5 Å². The van der Waals surface area contributed by atoms with Crippen molar-refractivity contribution >= 4 is 45.2 Å². The highest BCUT2D eigenvalue weighted by Gasteiger charge is 2.37. The molecule has 3 amide bonds. The molecule has 0 bridgehead atoms. The van der Waals surface area contributed by atoms with Crippen LogP contribution in [0.5, 0.6) is 0 Å². The first-order valence-electron chi connectivity index (χ1n) is 13.0. The normalized spacial score (nSPS) is 18.6. The van der Waals surface area contributed by atoms with E-state index in [1.165, 1.54) is 28.7 Å². The Morgan fingerprint density at radius 2 is 1.69 bits per heavy atom. The molecule has 1 unspecified atom stereocenters. The molecule has 3 aromatic carbocycles. The fourth-order valence-electron chi connectivity index (χ4n) is 5.12. The number of piperazine rings is 2. The van der Waals surface area contributed by atoms with E-state index in [-0.39, 0.29) is 23.7 Å². The van der Waals surface area contributed by atoms with Gasteiger partial charge in [0.1, 0.15) is 11.9 Å². The minimum atomic E-state index is -1.17. The Bertz CT molecular complexity index is 1320. The predicted octanol–water partition coefficient (Wildman–Crippen LogP) is 5.26. The average Bonchev–Trinajstić information content (AvgIpc) is 2.92. The minimum absolute atomic E-state index is 0.00523. The molecule has 10 heteroatoms. The molecule has 0 saturated carbocycles. The van der Waals surface area contributed by atoms with Gasteiger partial charge in [0, 0.05) is 73.1 Å². The molecule has 39 heavy (non-hydrogen) atoms. The zero-order valence-corrected chi connectivity index (χ0v) is 23.7. The highest BCUT2D eigenvalue weighted by atomic mass is 79.9. The lowest BCUT2D eigenvalue weighted by molar-refractivity contribution is -0.127. The number of rotatable bonds is 6. The molecule has 2 saturated heterocycles. The number of carbonyl (C=O) groups is 2. The summed E-state index contributed by atoms with van der Waals surface area (Å²) in [6.07, 6.45) is 0. The quantitative estimate of drug-likeness (QED) is 0.398. The Morgan fingerprint density at radius 3 is 2.41 bits per heavy atom. The van der Waals surface area contributed by atoms with Crippen molar-refractivity contribution in [3.63, 3.8) is 0 Å². The van der Waals surface area contributed by atoms with Crippen LogP contribution in [0, 0.1) is 5.82 Å². The Labute approximate surface area is 241 Å². The van der Waals surface area contributed by atoms with E-state index in [1.54, 1.807) is 0 Å². The number of amides is 3. The van der Waals surface area contributed by atoms with Gasteiger partial charge in [0.25, 0.3) is 0 Å². The van der Waals surface area contributed by atoms with Crippen molar-refractivity contribution in [2.45, 2.75) is 19.1 Å². The molecular formula is C29H30BrClFN5O2. The highest BCUT2D eigenvalue weighted by Crippen LogP contribution is 2.33. The largest absolute Gasteiger partial charge is 0.352 e. The van der Waals surface area contributed by atoms with Crippen LogP contribution >= 0.6 is 27.5 Å². The summed E-state index contributed by atoms with van der Waals surface area (Å²) in [6, 6.07) is 18.9. The summed E-state index contributed by atoms with van der Waals surface area (Å²) >= 11 is 9.78. The van der Waals surface area contributed by atoms with Crippen LogP contribution in [0.3, 0.4) is 0 Å². The van der Waals surface area contributed by atoms with Gasteiger partial charge in [-0.3, -0.25) is 14.6 Å². The number of nitrogens with one attached hydrogen (secondary N) is 2. The number of anilines is 1. The first kappa shape index (κ1) is 27.6. The molecule has 2 fully saturated rings. The Hall–Kier alpha value is -2.98. The van der Waals surface area contributed by atoms with Crippen LogP contribution in [0.25, 0.3) is 0 Å². The second kappa shape index (κ2) is 12.5. The zero-order chi connectivity index (χ0) is 27.4. The van der Waals surface area contributed by atoms with Crippen molar-refractivity contribution < 1.29 is 14.0 Å². The Morgan fingerprint density at radius 1 is 0.974 bits per heavy atom. The van der Waals surface area contributed by atoms with Crippen LogP contribution in [0.15, 0.2) is 71.2 Å². The summed E-state index contributed by atoms with van der Waals surface area (Å²) in [7, 11) is 0. The first-order valence-corrected chi connectivity index (χ1v) is 14.1. The molecule has 1 atom stereocenters. The number of benzene rings is 3. The summed E-state index contributed by atoms with van der Waals surface area (Å²) in [5, 5.41) is 5.81. The monoisotopic (exact) mass is 613 g/mol. The second-order valence-corrected chi connectivity index (χ2v) is 11.1. The van der Waals surface area contributed by atoms with Gasteiger partial charge in [0.05, 0.1) is 0 Å². The maximum Gasteiger partial charge on any atom is 0.322 e. The molecular weight excluding hydrogens is 585 g/mol. The van der Waals surface area contributed by atoms with E-state index in [9.17, 15) is 14.0 Å². The molecule has 5 rings (SSSR count). The zero-order valence-electron chi connectivity index (χ0n) is 21.4. The van der Waals surface area contributed by atoms with Crippen molar-refractivity contribution in [2.24, 2.45) is 0 Å². The lowest BCUT2D eigenvalue weighted by atomic mass is 10.0. The van der Waals surface area contributed by atoms with E-state index >= 15 is 0 Å². The van der Waals surface area contributed by atoms with Crippen LogP contribution in [-0.4, -0.2) is 65.9 Å². The number of carbonyl (C=O) groups excluding carboxylic acids is 2. The topological polar surface area (TPSA) is 67.9 Å². The van der Waals surface area contributed by atoms with Crippen LogP contribution in [0.4, 0.5) is 14.9 Å². The fraction of sp³-hybridized carbons (Fsp3) is 0.310. The number of urea groups is 1. The molecule has 0 aromatic heterocycles. The van der Waals surface area contributed by atoms with Gasteiger partial charge in [-0.15, -0.1) is 0 Å². The van der Waals surface area contributed by atoms with Gasteiger partial charge in [-0.1, -0.05) is 70.0 Å². The minimum Gasteiger partial charge on any atom is -0.352 e. The van der Waals surface area contributed by atoms with Gasteiger partial charge in [0.15, 0.2) is 0 Å². The molecule has 3 aromatic rings. The molecule has 2 aliphatic rings. The highest BCUT2D eigenvalue weighted by molar-refractivity contribution is 9.10. The molecule has 0 radical (unpaired) electrons. The molecule has 2 aliphatic heterocycles. The maximum atomic E-state index is 14.8. The molecule has 204 valence electrons. The average molecular weight is 615 g/mol. The Balaban J connectivity index is 1.28. The number of hydrogen-bond acceptors (Lipinski definition) is 4. The van der Waals surface area contributed by atoms with Gasteiger partial charge in [0.2, 0.25) is 5.91 Å². The van der Waals surface area contributed by atoms with Crippen molar-refractivity contribution in [3.8, 4) is 0 Å². The summed E-state index contributed by atoms with van der Waals surface area (Å²) in [6.45, 7) is 5.85. The van der Waals surface area contributed by atoms with Gasteiger partial charge in [-0.25, -0.2) is 9.18 Å². The van der Waals surface area contributed by atoms with E-state index in [2.05, 4.69) is 60.6 Å². The standard InChI is InChI=1S/C29H30BrClFN5O2/c30-22-10-9-21(19-36-15-13-35(14-16-36)18-20-5-2-1-3-6-20)25(17-22)34-29(39)37-12-11-33-28(38)27(37)26-23(31)7-4-8-24(26)32/h1-10,17,27H,11-16,18-19H2,(H,33,38)(H,34,39). The van der Waals surface area contributed by atoms with E-state index in [4.69, 9.17) is 11.6 Å². The molecule has 2 heterocycles. The molecule has 7 nitrogen and oxygen atoms in total. The van der Waals surface area contributed by atoms with Gasteiger partial charge >= 0.3 is 6.03 Å². The second-order valence-electron chi connectivity index (χ2n) is 9.79. The molecule has 0 aliphatic carbocycles. The van der Waals surface area contributed by atoms with E-state index in [0.29, 0.717) is 12.2 Å². The van der Waals surface area contributed by atoms with E-state index < -0.39 is 23.8 Å². The van der Waals surface area contributed by atoms with Crippen molar-refractivity contribution in [1.29, 1.82) is 0 Å². The smallest absolute Gasteiger partial charge is 0.322 e. The van der Waals surface area contributed by atoms with Gasteiger partial charge in [-0.2, -0.15) is 0 Å². The maximum absolute atomic E-state index is 14.8. The van der Waals surface area contributed by atoms with E-state index in [0.717, 1.165) is 42.8 Å². The third-order valence-corrected chi connectivity index (χ3v) is 7.99. The Kier molecular flexibility index (Phi) is 8.82. The fourth-order valence-corrected chi connectivity index (χ4v) is 5.75. The van der Waals surface area contributed by atoms with Crippen molar-refractivity contribution in [1.82, 2.24) is 20.0 Å². The summed E-state index contributed by atoms with van der Waals surface area (Å²) in [4.78, 5) is 32.5. The molecule has 0 spiro atoms. The van der Waals surface area contributed by atoms with Crippen molar-refractivity contribution in [2.75, 3.05) is 44.6 Å². The number of hydrogen-bond donors (Lipinski definition) is 2. The summed E-state index contributed by atoms with van der Waals surface area (Å²) < 4.78 is 15.6. The van der Waals surface area contributed by atoms with Crippen LogP contribution in [0.2, 0.25) is 5.02 Å². The lowest BCUT2D eigenvalue weighted by Crippen LogP contribution is -2.53. The predicted molar refractivity (Wildman–Crippen MR) is 154 cm³/mol. The number of halogens is 3. The van der Waals surface area contributed by atoms with Crippen LogP contribution in [-0.2, 0) is 17.9 Å². The third kappa shape index (κ3) is 6.61. The number of nitrogens with zero attached hydrogens (tertiary/aromatic N) is 3. The van der Waals surface area contributed by atoms with Crippen LogP contribution in [0.1, 0.15) is 22.7 Å².